The zero-order valence-corrected chi connectivity index (χ0v) is 13.5. The summed E-state index contributed by atoms with van der Waals surface area (Å²) in [6, 6.07) is 0. The van der Waals surface area contributed by atoms with E-state index in [4.69, 9.17) is 4.74 Å². The quantitative estimate of drug-likeness (QED) is 0.647. The number of ether oxygens (including phenoxy) is 1. The zero-order valence-electron chi connectivity index (χ0n) is 13.5. The molecule has 21 heavy (non-hydrogen) atoms. The van der Waals surface area contributed by atoms with E-state index >= 15 is 0 Å². The van der Waals surface area contributed by atoms with Gasteiger partial charge in [-0.2, -0.15) is 0 Å². The molecule has 1 rings (SSSR count). The molecule has 0 atom stereocenters. The molecule has 0 aromatic carbocycles. The van der Waals surface area contributed by atoms with E-state index in [1.807, 2.05) is 20.8 Å². The van der Waals surface area contributed by atoms with Crippen LogP contribution in [0.1, 0.15) is 52.9 Å². The van der Waals surface area contributed by atoms with Gasteiger partial charge in [-0.05, 0) is 32.8 Å². The van der Waals surface area contributed by atoms with Crippen LogP contribution in [-0.4, -0.2) is 42.0 Å². The molecule has 1 N–H and O–H groups in total. The molecule has 0 radical (unpaired) electrons. The van der Waals surface area contributed by atoms with Crippen molar-refractivity contribution in [2.75, 3.05) is 20.2 Å². The summed E-state index contributed by atoms with van der Waals surface area (Å²) < 4.78 is 4.81. The molecule has 0 saturated heterocycles. The Morgan fingerprint density at radius 2 is 1.95 bits per heavy atom. The number of esters is 1. The van der Waals surface area contributed by atoms with E-state index in [0.717, 1.165) is 11.3 Å². The van der Waals surface area contributed by atoms with E-state index in [2.05, 4.69) is 11.6 Å². The SMILES string of the molecule is C=C(C)CN(CC)C(=O)c1[nH]c(CC)c(C(=O)OC)c1C. The Morgan fingerprint density at radius 1 is 1.33 bits per heavy atom. The number of rotatable bonds is 6. The molecule has 0 aliphatic carbocycles. The van der Waals surface area contributed by atoms with E-state index in [-0.39, 0.29) is 5.91 Å². The van der Waals surface area contributed by atoms with Gasteiger partial charge in [0.15, 0.2) is 0 Å². The zero-order chi connectivity index (χ0) is 16.2. The molecule has 1 amide bonds. The van der Waals surface area contributed by atoms with Crippen molar-refractivity contribution in [2.45, 2.75) is 34.1 Å². The molecule has 0 unspecified atom stereocenters. The fraction of sp³-hybridized carbons (Fsp3) is 0.500. The Bertz CT molecular complexity index is 558. The molecule has 5 nitrogen and oxygen atoms in total. The first-order chi connectivity index (χ1) is 9.87. The molecule has 1 heterocycles. The number of hydrogen-bond acceptors (Lipinski definition) is 3. The van der Waals surface area contributed by atoms with Gasteiger partial charge in [0.25, 0.3) is 5.91 Å². The van der Waals surface area contributed by atoms with Gasteiger partial charge < -0.3 is 14.6 Å². The summed E-state index contributed by atoms with van der Waals surface area (Å²) >= 11 is 0. The molecule has 1 aromatic rings. The number of aromatic amines is 1. The lowest BCUT2D eigenvalue weighted by Crippen LogP contribution is -2.32. The van der Waals surface area contributed by atoms with Crippen LogP contribution >= 0.6 is 0 Å². The van der Waals surface area contributed by atoms with Crippen LogP contribution in [0.15, 0.2) is 12.2 Å². The molecule has 0 aliphatic rings. The summed E-state index contributed by atoms with van der Waals surface area (Å²) in [5.41, 5.74) is 3.21. The first kappa shape index (κ1) is 17.0. The van der Waals surface area contributed by atoms with Crippen molar-refractivity contribution < 1.29 is 14.3 Å². The van der Waals surface area contributed by atoms with Crippen molar-refractivity contribution in [3.05, 3.63) is 34.7 Å². The minimum absolute atomic E-state index is 0.122. The summed E-state index contributed by atoms with van der Waals surface area (Å²) in [6.45, 7) is 12.4. The molecule has 1 aromatic heterocycles. The van der Waals surface area contributed by atoms with E-state index in [0.29, 0.717) is 36.3 Å². The molecule has 0 spiro atoms. The maximum absolute atomic E-state index is 12.6. The molecule has 0 bridgehead atoms. The van der Waals surface area contributed by atoms with Gasteiger partial charge in [-0.1, -0.05) is 19.1 Å². The number of amides is 1. The number of carbonyl (C=O) groups excluding carboxylic acids is 2. The molecular weight excluding hydrogens is 268 g/mol. The third kappa shape index (κ3) is 3.54. The lowest BCUT2D eigenvalue weighted by atomic mass is 10.1. The summed E-state index contributed by atoms with van der Waals surface area (Å²) in [5.74, 6) is -0.537. The minimum Gasteiger partial charge on any atom is -0.465 e. The average molecular weight is 292 g/mol. The van der Waals surface area contributed by atoms with Crippen LogP contribution < -0.4 is 0 Å². The van der Waals surface area contributed by atoms with Crippen LogP contribution in [0.3, 0.4) is 0 Å². The predicted octanol–water partition coefficient (Wildman–Crippen LogP) is 2.71. The van der Waals surface area contributed by atoms with E-state index in [1.165, 1.54) is 7.11 Å². The van der Waals surface area contributed by atoms with Gasteiger partial charge in [-0.25, -0.2) is 4.79 Å². The third-order valence-electron chi connectivity index (χ3n) is 3.41. The lowest BCUT2D eigenvalue weighted by molar-refractivity contribution is 0.0599. The normalized spacial score (nSPS) is 10.3. The second-order valence-electron chi connectivity index (χ2n) is 5.10. The largest absolute Gasteiger partial charge is 0.465 e. The van der Waals surface area contributed by atoms with Gasteiger partial charge >= 0.3 is 5.97 Å². The summed E-state index contributed by atoms with van der Waals surface area (Å²) in [7, 11) is 1.34. The summed E-state index contributed by atoms with van der Waals surface area (Å²) in [4.78, 5) is 29.3. The number of H-pyrrole nitrogens is 1. The second-order valence-corrected chi connectivity index (χ2v) is 5.10. The summed E-state index contributed by atoms with van der Waals surface area (Å²) in [6.07, 6.45) is 0.630. The smallest absolute Gasteiger partial charge is 0.339 e. The number of nitrogens with one attached hydrogen (secondary N) is 1. The van der Waals surface area contributed by atoms with Gasteiger partial charge in [-0.3, -0.25) is 4.79 Å². The monoisotopic (exact) mass is 292 g/mol. The summed E-state index contributed by atoms with van der Waals surface area (Å²) in [5, 5.41) is 0. The van der Waals surface area contributed by atoms with Crippen LogP contribution in [0.2, 0.25) is 0 Å². The second kappa shape index (κ2) is 7.11. The van der Waals surface area contributed by atoms with Crippen molar-refractivity contribution in [3.63, 3.8) is 0 Å². The number of likely N-dealkylation sites (N-methyl/N-ethyl adjacent to an activating group) is 1. The third-order valence-corrected chi connectivity index (χ3v) is 3.41. The van der Waals surface area contributed by atoms with Crippen molar-refractivity contribution in [1.29, 1.82) is 0 Å². The molecule has 0 aliphatic heterocycles. The first-order valence-corrected chi connectivity index (χ1v) is 7.10. The topological polar surface area (TPSA) is 62.4 Å². The molecular formula is C16H24N2O3. The van der Waals surface area contributed by atoms with Gasteiger partial charge in [-0.15, -0.1) is 0 Å². The van der Waals surface area contributed by atoms with E-state index in [9.17, 15) is 9.59 Å². The number of nitrogens with zero attached hydrogens (tertiary/aromatic N) is 1. The fourth-order valence-electron chi connectivity index (χ4n) is 2.33. The number of carbonyl (C=O) groups is 2. The van der Waals surface area contributed by atoms with Crippen LogP contribution in [-0.2, 0) is 11.2 Å². The number of aromatic nitrogens is 1. The van der Waals surface area contributed by atoms with Gasteiger partial charge in [0.2, 0.25) is 0 Å². The average Bonchev–Trinajstić information content (AvgIpc) is 2.79. The van der Waals surface area contributed by atoms with Gasteiger partial charge in [0, 0.05) is 18.8 Å². The Morgan fingerprint density at radius 3 is 2.38 bits per heavy atom. The molecule has 0 fully saturated rings. The number of hydrogen-bond donors (Lipinski definition) is 1. The highest BCUT2D eigenvalue weighted by Crippen LogP contribution is 2.21. The van der Waals surface area contributed by atoms with Gasteiger partial charge in [0.05, 0.1) is 12.7 Å². The van der Waals surface area contributed by atoms with Gasteiger partial charge in [0.1, 0.15) is 5.69 Å². The minimum atomic E-state index is -0.414. The standard InChI is InChI=1S/C16H24N2O3/c1-7-12-13(16(20)21-6)11(5)14(17-12)15(19)18(8-2)9-10(3)4/h17H,3,7-9H2,1-2,4-6H3. The van der Waals surface area contributed by atoms with Crippen molar-refractivity contribution in [2.24, 2.45) is 0 Å². The van der Waals surface area contributed by atoms with Crippen molar-refractivity contribution >= 4 is 11.9 Å². The van der Waals surface area contributed by atoms with E-state index in [1.54, 1.807) is 11.8 Å². The molecule has 0 saturated carbocycles. The van der Waals surface area contributed by atoms with Crippen LogP contribution in [0.5, 0.6) is 0 Å². The number of aryl methyl sites for hydroxylation is 1. The Hall–Kier alpha value is -2.04. The predicted molar refractivity (Wildman–Crippen MR) is 82.6 cm³/mol. The van der Waals surface area contributed by atoms with Crippen molar-refractivity contribution in [1.82, 2.24) is 9.88 Å². The highest BCUT2D eigenvalue weighted by atomic mass is 16.5. The Balaban J connectivity index is 3.24. The first-order valence-electron chi connectivity index (χ1n) is 7.10. The maximum Gasteiger partial charge on any atom is 0.339 e. The van der Waals surface area contributed by atoms with Crippen molar-refractivity contribution in [3.8, 4) is 0 Å². The highest BCUT2D eigenvalue weighted by Gasteiger charge is 2.25. The number of methoxy groups -OCH3 is 1. The lowest BCUT2D eigenvalue weighted by Gasteiger charge is -2.20. The highest BCUT2D eigenvalue weighted by molar-refractivity contribution is 6.00. The fourth-order valence-corrected chi connectivity index (χ4v) is 2.33. The van der Waals surface area contributed by atoms with Crippen LogP contribution in [0.4, 0.5) is 0 Å². The van der Waals surface area contributed by atoms with Crippen LogP contribution in [0, 0.1) is 6.92 Å². The maximum atomic E-state index is 12.6. The molecule has 116 valence electrons. The van der Waals surface area contributed by atoms with Crippen LogP contribution in [0.25, 0.3) is 0 Å². The molecule has 5 heteroatoms. The Kier molecular flexibility index (Phi) is 5.76. The van der Waals surface area contributed by atoms with E-state index < -0.39 is 5.97 Å². The Labute approximate surface area is 126 Å².